The lowest BCUT2D eigenvalue weighted by Gasteiger charge is -2.44. The molecule has 4 heteroatoms. The number of piperazine rings is 1. The van der Waals surface area contributed by atoms with Gasteiger partial charge in [-0.25, -0.2) is 0 Å². The van der Waals surface area contributed by atoms with Gasteiger partial charge in [0, 0.05) is 36.3 Å². The molecule has 3 rings (SSSR count). The Hall–Kier alpha value is -2.62. The number of carbonyl (C=O) groups excluding carboxylic acids is 2. The van der Waals surface area contributed by atoms with Crippen LogP contribution in [0.25, 0.3) is 0 Å². The van der Waals surface area contributed by atoms with Crippen molar-refractivity contribution in [1.82, 2.24) is 9.80 Å². The summed E-state index contributed by atoms with van der Waals surface area (Å²) in [4.78, 5) is 29.9. The van der Waals surface area contributed by atoms with E-state index in [2.05, 4.69) is 0 Å². The van der Waals surface area contributed by atoms with Crippen LogP contribution in [0.1, 0.15) is 56.8 Å². The molecule has 0 aromatic heterocycles. The van der Waals surface area contributed by atoms with Gasteiger partial charge in [0.25, 0.3) is 11.8 Å². The minimum Gasteiger partial charge on any atom is -0.332 e. The van der Waals surface area contributed by atoms with Crippen molar-refractivity contribution in [2.45, 2.75) is 53.6 Å². The van der Waals surface area contributed by atoms with Crippen molar-refractivity contribution in [2.24, 2.45) is 0 Å². The number of nitrogens with zero attached hydrogens (tertiary/aromatic N) is 2. The van der Waals surface area contributed by atoms with Gasteiger partial charge in [-0.2, -0.15) is 0 Å². The van der Waals surface area contributed by atoms with Crippen molar-refractivity contribution < 1.29 is 9.59 Å². The lowest BCUT2D eigenvalue weighted by molar-refractivity contribution is 0.0270. The van der Waals surface area contributed by atoms with Gasteiger partial charge in [-0.15, -0.1) is 0 Å². The maximum atomic E-state index is 13.1. The Balaban J connectivity index is 1.77. The molecule has 0 saturated carbocycles. The minimum atomic E-state index is -0.0270. The molecule has 0 radical (unpaired) electrons. The molecule has 1 aliphatic rings. The van der Waals surface area contributed by atoms with Crippen LogP contribution in [-0.2, 0) is 0 Å². The SMILES string of the molecule is Cc1ccc(C(=O)N2CC(C)N(C(=O)c3ccc(C)c(C)c3)CC2C)cc1C. The lowest BCUT2D eigenvalue weighted by atomic mass is 10.0. The fraction of sp³-hybridized carbons (Fsp3) is 0.417. The Bertz CT molecular complexity index is 843. The highest BCUT2D eigenvalue weighted by atomic mass is 16.2. The van der Waals surface area contributed by atoms with Gasteiger partial charge >= 0.3 is 0 Å². The van der Waals surface area contributed by atoms with Gasteiger partial charge in [-0.05, 0) is 88.1 Å². The highest BCUT2D eigenvalue weighted by Gasteiger charge is 2.35. The van der Waals surface area contributed by atoms with Crippen LogP contribution in [0.4, 0.5) is 0 Å². The summed E-state index contributed by atoms with van der Waals surface area (Å²) in [5, 5.41) is 0. The zero-order valence-electron chi connectivity index (χ0n) is 17.7. The summed E-state index contributed by atoms with van der Waals surface area (Å²) in [5.74, 6) is 0.0847. The summed E-state index contributed by atoms with van der Waals surface area (Å²) in [7, 11) is 0. The highest BCUT2D eigenvalue weighted by Crippen LogP contribution is 2.22. The average Bonchev–Trinajstić information content (AvgIpc) is 2.66. The zero-order chi connectivity index (χ0) is 20.6. The molecular formula is C24H30N2O2. The fourth-order valence-corrected chi connectivity index (χ4v) is 3.77. The van der Waals surface area contributed by atoms with Crippen molar-refractivity contribution in [2.75, 3.05) is 13.1 Å². The zero-order valence-corrected chi connectivity index (χ0v) is 17.7. The van der Waals surface area contributed by atoms with Crippen LogP contribution in [0.2, 0.25) is 0 Å². The number of rotatable bonds is 2. The third-order valence-electron chi connectivity index (χ3n) is 6.02. The molecule has 1 saturated heterocycles. The molecular weight excluding hydrogens is 348 g/mol. The third-order valence-corrected chi connectivity index (χ3v) is 6.02. The first kappa shape index (κ1) is 20.1. The molecule has 2 aromatic carbocycles. The molecule has 2 atom stereocenters. The highest BCUT2D eigenvalue weighted by molar-refractivity contribution is 5.96. The number of aryl methyl sites for hydroxylation is 4. The van der Waals surface area contributed by atoms with Gasteiger partial charge in [-0.3, -0.25) is 9.59 Å². The molecule has 0 spiro atoms. The van der Waals surface area contributed by atoms with Crippen LogP contribution in [0.15, 0.2) is 36.4 Å². The van der Waals surface area contributed by atoms with E-state index >= 15 is 0 Å². The molecule has 28 heavy (non-hydrogen) atoms. The van der Waals surface area contributed by atoms with Gasteiger partial charge in [0.1, 0.15) is 0 Å². The molecule has 2 amide bonds. The summed E-state index contributed by atoms with van der Waals surface area (Å²) >= 11 is 0. The lowest BCUT2D eigenvalue weighted by Crippen LogP contribution is -2.59. The topological polar surface area (TPSA) is 40.6 Å². The van der Waals surface area contributed by atoms with E-state index in [1.807, 2.05) is 87.7 Å². The standard InChI is InChI=1S/C24H30N2O2/c1-15-7-9-21(11-17(15)3)23(27)25-13-20(6)26(14-19(25)5)24(28)22-10-8-16(2)18(4)12-22/h7-12,19-20H,13-14H2,1-6H3. The predicted octanol–water partition coefficient (Wildman–Crippen LogP) is 4.30. The Morgan fingerprint density at radius 2 is 1.04 bits per heavy atom. The fourth-order valence-electron chi connectivity index (χ4n) is 3.77. The summed E-state index contributed by atoms with van der Waals surface area (Å²) in [6.45, 7) is 13.3. The van der Waals surface area contributed by atoms with Gasteiger partial charge in [-0.1, -0.05) is 12.1 Å². The predicted molar refractivity (Wildman–Crippen MR) is 113 cm³/mol. The molecule has 2 unspecified atom stereocenters. The smallest absolute Gasteiger partial charge is 0.254 e. The summed E-state index contributed by atoms with van der Waals surface area (Å²) in [6, 6.07) is 11.7. The molecule has 1 heterocycles. The number of amides is 2. The van der Waals surface area contributed by atoms with Gasteiger partial charge in [0.2, 0.25) is 0 Å². The van der Waals surface area contributed by atoms with E-state index in [-0.39, 0.29) is 23.9 Å². The van der Waals surface area contributed by atoms with Crippen LogP contribution in [0.5, 0.6) is 0 Å². The van der Waals surface area contributed by atoms with Crippen molar-refractivity contribution in [3.05, 3.63) is 69.8 Å². The molecule has 1 fully saturated rings. The molecule has 0 N–H and O–H groups in total. The van der Waals surface area contributed by atoms with Crippen LogP contribution in [0.3, 0.4) is 0 Å². The van der Waals surface area contributed by atoms with E-state index in [0.29, 0.717) is 13.1 Å². The first-order valence-corrected chi connectivity index (χ1v) is 9.95. The molecule has 1 aliphatic heterocycles. The maximum Gasteiger partial charge on any atom is 0.254 e. The molecule has 0 aliphatic carbocycles. The Morgan fingerprint density at radius 3 is 1.36 bits per heavy atom. The largest absolute Gasteiger partial charge is 0.332 e. The summed E-state index contributed by atoms with van der Waals surface area (Å²) < 4.78 is 0. The van der Waals surface area contributed by atoms with Crippen LogP contribution in [0, 0.1) is 27.7 Å². The van der Waals surface area contributed by atoms with Gasteiger partial charge in [0.15, 0.2) is 0 Å². The average molecular weight is 379 g/mol. The second-order valence-corrected chi connectivity index (χ2v) is 8.21. The van der Waals surface area contributed by atoms with Crippen molar-refractivity contribution >= 4 is 11.8 Å². The third kappa shape index (κ3) is 3.82. The Kier molecular flexibility index (Phi) is 5.59. The first-order valence-electron chi connectivity index (χ1n) is 9.95. The van der Waals surface area contributed by atoms with Gasteiger partial charge < -0.3 is 9.80 Å². The van der Waals surface area contributed by atoms with Crippen molar-refractivity contribution in [3.8, 4) is 0 Å². The van der Waals surface area contributed by atoms with Crippen LogP contribution >= 0.6 is 0 Å². The van der Waals surface area contributed by atoms with Crippen molar-refractivity contribution in [3.63, 3.8) is 0 Å². The minimum absolute atomic E-state index is 0.0270. The second kappa shape index (κ2) is 7.78. The van der Waals surface area contributed by atoms with Crippen molar-refractivity contribution in [1.29, 1.82) is 0 Å². The van der Waals surface area contributed by atoms with E-state index in [1.165, 1.54) is 11.1 Å². The number of hydrogen-bond donors (Lipinski definition) is 0. The quantitative estimate of drug-likeness (QED) is 0.782. The maximum absolute atomic E-state index is 13.1. The summed E-state index contributed by atoms with van der Waals surface area (Å²) in [5.41, 5.74) is 6.04. The van der Waals surface area contributed by atoms with Crippen LogP contribution < -0.4 is 0 Å². The van der Waals surface area contributed by atoms with Gasteiger partial charge in [0.05, 0.1) is 0 Å². The molecule has 148 valence electrons. The Morgan fingerprint density at radius 1 is 0.679 bits per heavy atom. The van der Waals surface area contributed by atoms with E-state index in [1.54, 1.807) is 0 Å². The monoisotopic (exact) mass is 378 g/mol. The molecule has 2 aromatic rings. The van der Waals surface area contributed by atoms with E-state index in [0.717, 1.165) is 22.3 Å². The second-order valence-electron chi connectivity index (χ2n) is 8.21. The molecule has 0 bridgehead atoms. The van der Waals surface area contributed by atoms with E-state index < -0.39 is 0 Å². The number of benzene rings is 2. The van der Waals surface area contributed by atoms with E-state index in [9.17, 15) is 9.59 Å². The first-order chi connectivity index (χ1) is 13.2. The summed E-state index contributed by atoms with van der Waals surface area (Å²) in [6.07, 6.45) is 0. The normalized spacial score (nSPS) is 19.6. The number of hydrogen-bond acceptors (Lipinski definition) is 2. The molecule has 4 nitrogen and oxygen atoms in total. The van der Waals surface area contributed by atoms with Crippen LogP contribution in [-0.4, -0.2) is 46.8 Å². The van der Waals surface area contributed by atoms with E-state index in [4.69, 9.17) is 0 Å². The number of carbonyl (C=O) groups is 2. The Labute approximate surface area is 168 Å².